The first kappa shape index (κ1) is 19.8. The summed E-state index contributed by atoms with van der Waals surface area (Å²) in [5, 5.41) is 3.14. The van der Waals surface area contributed by atoms with E-state index in [9.17, 15) is 14.4 Å². The normalized spacial score (nSPS) is 16.2. The van der Waals surface area contributed by atoms with Gasteiger partial charge in [0.1, 0.15) is 11.5 Å². The lowest BCUT2D eigenvalue weighted by Gasteiger charge is -2.21. The number of imidazole rings is 1. The SMILES string of the molecule is COc1cc(OC)c(N2C[C@@H](C(=O)Nc3ccc4[nH]c(=O)[nH]c4c3)CC2=O)cc1Cl. The number of hydrogen-bond acceptors (Lipinski definition) is 5. The Morgan fingerprint density at radius 3 is 2.57 bits per heavy atom. The molecule has 1 saturated heterocycles. The molecule has 3 aromatic rings. The molecule has 2 heterocycles. The first-order chi connectivity index (χ1) is 14.4. The molecule has 1 atom stereocenters. The summed E-state index contributed by atoms with van der Waals surface area (Å²) in [5.74, 6) is -0.199. The van der Waals surface area contributed by atoms with Crippen LogP contribution in [0.5, 0.6) is 11.5 Å². The molecular weight excluding hydrogens is 412 g/mol. The summed E-state index contributed by atoms with van der Waals surface area (Å²) in [6, 6.07) is 8.23. The summed E-state index contributed by atoms with van der Waals surface area (Å²) in [7, 11) is 2.97. The number of aromatic nitrogens is 2. The fourth-order valence-corrected chi connectivity index (χ4v) is 3.76. The van der Waals surface area contributed by atoms with Crippen molar-refractivity contribution in [3.8, 4) is 11.5 Å². The number of nitrogens with one attached hydrogen (secondary N) is 3. The second kappa shape index (κ2) is 7.75. The van der Waals surface area contributed by atoms with E-state index in [-0.39, 0.29) is 30.5 Å². The number of methoxy groups -OCH3 is 2. The van der Waals surface area contributed by atoms with Crippen molar-refractivity contribution in [2.45, 2.75) is 6.42 Å². The fourth-order valence-electron chi connectivity index (χ4n) is 3.53. The molecule has 10 heteroatoms. The fraction of sp³-hybridized carbons (Fsp3) is 0.250. The zero-order valence-corrected chi connectivity index (χ0v) is 17.0. The highest BCUT2D eigenvalue weighted by atomic mass is 35.5. The topological polar surface area (TPSA) is 117 Å². The van der Waals surface area contributed by atoms with Gasteiger partial charge in [0.25, 0.3) is 0 Å². The second-order valence-electron chi connectivity index (χ2n) is 6.89. The van der Waals surface area contributed by atoms with Crippen LogP contribution in [0, 0.1) is 5.92 Å². The first-order valence-electron chi connectivity index (χ1n) is 9.14. The number of nitrogens with zero attached hydrogens (tertiary/aromatic N) is 1. The van der Waals surface area contributed by atoms with Gasteiger partial charge in [-0.1, -0.05) is 11.6 Å². The molecule has 2 amide bonds. The predicted octanol–water partition coefficient (Wildman–Crippen LogP) is 2.52. The molecule has 1 aliphatic heterocycles. The molecule has 2 aromatic carbocycles. The zero-order chi connectivity index (χ0) is 21.4. The van der Waals surface area contributed by atoms with Crippen LogP contribution in [0.4, 0.5) is 11.4 Å². The Morgan fingerprint density at radius 1 is 1.10 bits per heavy atom. The highest BCUT2D eigenvalue weighted by Crippen LogP contribution is 2.40. The summed E-state index contributed by atoms with van der Waals surface area (Å²) >= 11 is 6.21. The maximum absolute atomic E-state index is 12.8. The lowest BCUT2D eigenvalue weighted by Crippen LogP contribution is -2.28. The Labute approximate surface area is 175 Å². The van der Waals surface area contributed by atoms with Crippen LogP contribution >= 0.6 is 11.6 Å². The van der Waals surface area contributed by atoms with E-state index in [0.29, 0.717) is 38.9 Å². The van der Waals surface area contributed by atoms with E-state index in [4.69, 9.17) is 21.1 Å². The molecule has 0 unspecified atom stereocenters. The monoisotopic (exact) mass is 430 g/mol. The van der Waals surface area contributed by atoms with E-state index in [2.05, 4.69) is 15.3 Å². The Balaban J connectivity index is 1.53. The van der Waals surface area contributed by atoms with Gasteiger partial charge in [-0.05, 0) is 24.3 Å². The number of amides is 2. The number of hydrogen-bond donors (Lipinski definition) is 3. The van der Waals surface area contributed by atoms with Gasteiger partial charge in [0, 0.05) is 24.7 Å². The van der Waals surface area contributed by atoms with E-state index in [1.807, 2.05) is 0 Å². The summed E-state index contributed by atoms with van der Waals surface area (Å²) < 4.78 is 10.6. The minimum absolute atomic E-state index is 0.0574. The molecule has 0 bridgehead atoms. The van der Waals surface area contributed by atoms with Crippen molar-refractivity contribution in [2.75, 3.05) is 31.0 Å². The maximum Gasteiger partial charge on any atom is 0.323 e. The molecule has 1 aromatic heterocycles. The van der Waals surface area contributed by atoms with Crippen LogP contribution in [-0.4, -0.2) is 42.5 Å². The standard InChI is InChI=1S/C20H19ClN4O5/c1-29-16-8-17(30-2)15(7-12(16)21)25-9-10(5-18(25)26)19(27)22-11-3-4-13-14(6-11)24-20(28)23-13/h3-4,6-8,10H,5,9H2,1-2H3,(H,22,27)(H2,23,24,28)/t10-/m0/s1. The quantitative estimate of drug-likeness (QED) is 0.575. The van der Waals surface area contributed by atoms with Crippen molar-refractivity contribution in [2.24, 2.45) is 5.92 Å². The molecule has 156 valence electrons. The Morgan fingerprint density at radius 2 is 1.83 bits per heavy atom. The van der Waals surface area contributed by atoms with Gasteiger partial charge >= 0.3 is 5.69 Å². The average molecular weight is 431 g/mol. The lowest BCUT2D eigenvalue weighted by molar-refractivity contribution is -0.122. The molecule has 1 aliphatic rings. The second-order valence-corrected chi connectivity index (χ2v) is 7.30. The van der Waals surface area contributed by atoms with E-state index in [0.717, 1.165) is 0 Å². The smallest absolute Gasteiger partial charge is 0.323 e. The summed E-state index contributed by atoms with van der Waals surface area (Å²) in [6.45, 7) is 0.187. The van der Waals surface area contributed by atoms with Crippen molar-refractivity contribution in [3.05, 3.63) is 45.8 Å². The van der Waals surface area contributed by atoms with Gasteiger partial charge in [0.05, 0.1) is 41.9 Å². The van der Waals surface area contributed by atoms with Crippen LogP contribution < -0.4 is 25.4 Å². The Bertz CT molecular complexity index is 1200. The average Bonchev–Trinajstić information content (AvgIpc) is 3.29. The third kappa shape index (κ3) is 3.59. The number of H-pyrrole nitrogens is 2. The van der Waals surface area contributed by atoms with Crippen molar-refractivity contribution >= 4 is 45.8 Å². The van der Waals surface area contributed by atoms with E-state index < -0.39 is 5.92 Å². The predicted molar refractivity (Wildman–Crippen MR) is 113 cm³/mol. The molecule has 0 saturated carbocycles. The Kier molecular flexibility index (Phi) is 5.13. The van der Waals surface area contributed by atoms with Gasteiger partial charge in [-0.2, -0.15) is 0 Å². The molecule has 4 rings (SSSR count). The number of ether oxygens (including phenoxy) is 2. The maximum atomic E-state index is 12.8. The van der Waals surface area contributed by atoms with Crippen LogP contribution in [0.15, 0.2) is 35.1 Å². The molecule has 3 N–H and O–H groups in total. The number of carbonyl (C=O) groups excluding carboxylic acids is 2. The van der Waals surface area contributed by atoms with Crippen LogP contribution in [0.2, 0.25) is 5.02 Å². The number of anilines is 2. The van der Waals surface area contributed by atoms with Crippen molar-refractivity contribution in [3.63, 3.8) is 0 Å². The van der Waals surface area contributed by atoms with Crippen LogP contribution in [0.1, 0.15) is 6.42 Å². The van der Waals surface area contributed by atoms with Crippen LogP contribution in [-0.2, 0) is 9.59 Å². The zero-order valence-electron chi connectivity index (χ0n) is 16.2. The van der Waals surface area contributed by atoms with Gasteiger partial charge < -0.3 is 29.7 Å². The minimum Gasteiger partial charge on any atom is -0.495 e. The third-order valence-electron chi connectivity index (χ3n) is 5.02. The molecule has 9 nitrogen and oxygen atoms in total. The molecule has 0 aliphatic carbocycles. The number of benzene rings is 2. The minimum atomic E-state index is -0.552. The highest BCUT2D eigenvalue weighted by Gasteiger charge is 2.36. The largest absolute Gasteiger partial charge is 0.495 e. The summed E-state index contributed by atoms with van der Waals surface area (Å²) in [5.41, 5.74) is 1.91. The number of halogens is 1. The van der Waals surface area contributed by atoms with Crippen molar-refractivity contribution in [1.29, 1.82) is 0 Å². The van der Waals surface area contributed by atoms with Gasteiger partial charge in [-0.3, -0.25) is 9.59 Å². The number of aromatic amines is 2. The molecule has 1 fully saturated rings. The number of carbonyl (C=O) groups is 2. The van der Waals surface area contributed by atoms with E-state index in [1.54, 1.807) is 30.3 Å². The summed E-state index contributed by atoms with van der Waals surface area (Å²) in [4.78, 5) is 43.5. The van der Waals surface area contributed by atoms with Gasteiger partial charge in [-0.25, -0.2) is 4.79 Å². The summed E-state index contributed by atoms with van der Waals surface area (Å²) in [6.07, 6.45) is 0.0574. The Hall–Kier alpha value is -3.46. The molecule has 30 heavy (non-hydrogen) atoms. The van der Waals surface area contributed by atoms with Gasteiger partial charge in [-0.15, -0.1) is 0 Å². The molecule has 0 radical (unpaired) electrons. The highest BCUT2D eigenvalue weighted by molar-refractivity contribution is 6.32. The first-order valence-corrected chi connectivity index (χ1v) is 9.52. The van der Waals surface area contributed by atoms with E-state index >= 15 is 0 Å². The van der Waals surface area contributed by atoms with Gasteiger partial charge in [0.15, 0.2) is 0 Å². The number of fused-ring (bicyclic) bond motifs is 1. The number of rotatable bonds is 5. The molecular formula is C20H19ClN4O5. The van der Waals surface area contributed by atoms with Crippen molar-refractivity contribution in [1.82, 2.24) is 9.97 Å². The van der Waals surface area contributed by atoms with Crippen LogP contribution in [0.3, 0.4) is 0 Å². The third-order valence-corrected chi connectivity index (χ3v) is 5.32. The molecule has 0 spiro atoms. The van der Waals surface area contributed by atoms with Crippen molar-refractivity contribution < 1.29 is 19.1 Å². The van der Waals surface area contributed by atoms with E-state index in [1.165, 1.54) is 19.1 Å². The lowest BCUT2D eigenvalue weighted by atomic mass is 10.1. The van der Waals surface area contributed by atoms with Crippen LogP contribution in [0.25, 0.3) is 11.0 Å². The van der Waals surface area contributed by atoms with Gasteiger partial charge in [0.2, 0.25) is 11.8 Å².